The van der Waals surface area contributed by atoms with Gasteiger partial charge in [-0.3, -0.25) is 0 Å². The third kappa shape index (κ3) is 8.07. The predicted octanol–water partition coefficient (Wildman–Crippen LogP) is 2.94. The number of esters is 2. The van der Waals surface area contributed by atoms with Gasteiger partial charge in [-0.05, 0) is 54.7 Å². The molecule has 0 amide bonds. The molecule has 0 saturated heterocycles. The first kappa shape index (κ1) is 24.3. The molecule has 1 aliphatic rings. The van der Waals surface area contributed by atoms with Crippen molar-refractivity contribution in [2.75, 3.05) is 19.4 Å². The molecule has 0 aromatic heterocycles. The summed E-state index contributed by atoms with van der Waals surface area (Å²) in [5.74, 6) is 0.183. The summed E-state index contributed by atoms with van der Waals surface area (Å²) in [5, 5.41) is 0. The Morgan fingerprint density at radius 2 is 1.83 bits per heavy atom. The second-order valence-electron chi connectivity index (χ2n) is 8.54. The largest absolute Gasteiger partial charge is 0.460 e. The van der Waals surface area contributed by atoms with Crippen LogP contribution in [0.15, 0.2) is 24.3 Å². The molecule has 3 atom stereocenters. The Kier molecular flexibility index (Phi) is 8.85. The highest BCUT2D eigenvalue weighted by Crippen LogP contribution is 2.35. The molecular weight excluding hydrogens is 406 g/mol. The van der Waals surface area contributed by atoms with Gasteiger partial charge in [0.05, 0.1) is 11.8 Å². The average Bonchev–Trinajstić information content (AvgIpc) is 2.65. The number of nitrogens with one attached hydrogen (secondary N) is 1. The van der Waals surface area contributed by atoms with E-state index >= 15 is 0 Å². The molecule has 0 bridgehead atoms. The summed E-state index contributed by atoms with van der Waals surface area (Å²) in [4.78, 5) is 24.4. The third-order valence-corrected chi connectivity index (χ3v) is 6.26. The first-order valence-electron chi connectivity index (χ1n) is 10.5. The Morgan fingerprint density at radius 1 is 1.17 bits per heavy atom. The number of ether oxygens (including phenoxy) is 2. The van der Waals surface area contributed by atoms with E-state index < -0.39 is 28.6 Å². The molecule has 1 fully saturated rings. The predicted molar refractivity (Wildman–Crippen MR) is 114 cm³/mol. The number of hydrogen-bond donors (Lipinski definition) is 1. The van der Waals surface area contributed by atoms with Gasteiger partial charge in [0.2, 0.25) is 10.0 Å². The Morgan fingerprint density at radius 3 is 2.43 bits per heavy atom. The highest BCUT2D eigenvalue weighted by atomic mass is 32.2. The lowest BCUT2D eigenvalue weighted by molar-refractivity contribution is -0.159. The molecule has 8 heteroatoms. The standard InChI is InChI=1S/C22H33NO6S/c1-15(2)19-10-5-16(3)13-20(19)29-21(24)14-28-22(25)18-8-6-17(7-9-18)11-12-23-30(4,26)27/h6-9,15-16,19-20,23H,5,10-14H2,1-4H3. The molecule has 3 unspecified atom stereocenters. The molecule has 1 aromatic carbocycles. The Labute approximate surface area is 179 Å². The second-order valence-corrected chi connectivity index (χ2v) is 10.4. The summed E-state index contributed by atoms with van der Waals surface area (Å²) in [6, 6.07) is 6.66. The molecule has 168 valence electrons. The number of rotatable bonds is 9. The van der Waals surface area contributed by atoms with E-state index in [4.69, 9.17) is 9.47 Å². The summed E-state index contributed by atoms with van der Waals surface area (Å²) < 4.78 is 35.3. The molecular formula is C22H33NO6S. The minimum atomic E-state index is -3.22. The normalized spacial score (nSPS) is 22.0. The van der Waals surface area contributed by atoms with Crippen molar-refractivity contribution >= 4 is 22.0 Å². The van der Waals surface area contributed by atoms with Crippen molar-refractivity contribution in [1.29, 1.82) is 0 Å². The van der Waals surface area contributed by atoms with E-state index in [1.54, 1.807) is 24.3 Å². The maximum atomic E-state index is 12.2. The van der Waals surface area contributed by atoms with Gasteiger partial charge in [-0.2, -0.15) is 0 Å². The van der Waals surface area contributed by atoms with Gasteiger partial charge < -0.3 is 9.47 Å². The second kappa shape index (κ2) is 10.9. The van der Waals surface area contributed by atoms with Gasteiger partial charge in [0.15, 0.2) is 6.61 Å². The lowest BCUT2D eigenvalue weighted by Gasteiger charge is -2.36. The fraction of sp³-hybridized carbons (Fsp3) is 0.636. The Bertz CT molecular complexity index is 819. The zero-order chi connectivity index (χ0) is 22.3. The van der Waals surface area contributed by atoms with Gasteiger partial charge in [0.1, 0.15) is 6.10 Å². The zero-order valence-electron chi connectivity index (χ0n) is 18.2. The number of carbonyl (C=O) groups is 2. The molecule has 0 heterocycles. The molecule has 1 aromatic rings. The van der Waals surface area contributed by atoms with Gasteiger partial charge in [0, 0.05) is 6.54 Å². The van der Waals surface area contributed by atoms with Crippen LogP contribution in [0.1, 0.15) is 56.0 Å². The minimum absolute atomic E-state index is 0.125. The van der Waals surface area contributed by atoms with Crippen LogP contribution in [0, 0.1) is 17.8 Å². The lowest BCUT2D eigenvalue weighted by Crippen LogP contribution is -2.36. The number of sulfonamides is 1. The molecule has 1 aliphatic carbocycles. The summed E-state index contributed by atoms with van der Waals surface area (Å²) >= 11 is 0. The van der Waals surface area contributed by atoms with Crippen LogP contribution in [0.2, 0.25) is 0 Å². The van der Waals surface area contributed by atoms with Crippen molar-refractivity contribution in [1.82, 2.24) is 4.72 Å². The monoisotopic (exact) mass is 439 g/mol. The third-order valence-electron chi connectivity index (χ3n) is 5.53. The molecule has 7 nitrogen and oxygen atoms in total. The molecule has 30 heavy (non-hydrogen) atoms. The van der Waals surface area contributed by atoms with Gasteiger partial charge >= 0.3 is 11.9 Å². The molecule has 0 spiro atoms. The highest BCUT2D eigenvalue weighted by molar-refractivity contribution is 7.88. The molecule has 1 N–H and O–H groups in total. The van der Waals surface area contributed by atoms with E-state index in [9.17, 15) is 18.0 Å². The SMILES string of the molecule is CC1CCC(C(C)C)C(OC(=O)COC(=O)c2ccc(CCNS(C)(=O)=O)cc2)C1. The molecule has 1 saturated carbocycles. The molecule has 0 aliphatic heterocycles. The van der Waals surface area contributed by atoms with Gasteiger partial charge in [-0.25, -0.2) is 22.7 Å². The van der Waals surface area contributed by atoms with E-state index in [1.165, 1.54) is 0 Å². The van der Waals surface area contributed by atoms with Crippen molar-refractivity contribution in [3.8, 4) is 0 Å². The van der Waals surface area contributed by atoms with Crippen molar-refractivity contribution in [2.24, 2.45) is 17.8 Å². The number of carbonyl (C=O) groups excluding carboxylic acids is 2. The van der Waals surface area contributed by atoms with E-state index in [2.05, 4.69) is 25.5 Å². The van der Waals surface area contributed by atoms with Crippen molar-refractivity contribution < 1.29 is 27.5 Å². The topological polar surface area (TPSA) is 98.8 Å². The van der Waals surface area contributed by atoms with E-state index in [0.29, 0.717) is 29.7 Å². The molecule has 0 radical (unpaired) electrons. The van der Waals surface area contributed by atoms with E-state index in [1.807, 2.05) is 0 Å². The number of hydrogen-bond acceptors (Lipinski definition) is 6. The van der Waals surface area contributed by atoms with Crippen LogP contribution in [0.25, 0.3) is 0 Å². The van der Waals surface area contributed by atoms with E-state index in [0.717, 1.165) is 31.1 Å². The van der Waals surface area contributed by atoms with Crippen LogP contribution >= 0.6 is 0 Å². The van der Waals surface area contributed by atoms with Crippen molar-refractivity contribution in [3.63, 3.8) is 0 Å². The fourth-order valence-corrected chi connectivity index (χ4v) is 4.32. The molecule has 2 rings (SSSR count). The summed E-state index contributed by atoms with van der Waals surface area (Å²) in [6.45, 7) is 6.32. The van der Waals surface area contributed by atoms with Crippen molar-refractivity contribution in [3.05, 3.63) is 35.4 Å². The van der Waals surface area contributed by atoms with Crippen LogP contribution in [0.4, 0.5) is 0 Å². The van der Waals surface area contributed by atoms with Gasteiger partial charge in [-0.1, -0.05) is 39.3 Å². The zero-order valence-corrected chi connectivity index (χ0v) is 19.0. The summed E-state index contributed by atoms with van der Waals surface area (Å²) in [7, 11) is -3.22. The maximum Gasteiger partial charge on any atom is 0.344 e. The first-order valence-corrected chi connectivity index (χ1v) is 12.3. The Balaban J connectivity index is 1.81. The first-order chi connectivity index (χ1) is 14.0. The van der Waals surface area contributed by atoms with Crippen molar-refractivity contribution in [2.45, 2.75) is 52.6 Å². The highest BCUT2D eigenvalue weighted by Gasteiger charge is 2.33. The van der Waals surface area contributed by atoms with E-state index in [-0.39, 0.29) is 12.6 Å². The maximum absolute atomic E-state index is 12.2. The Hall–Kier alpha value is -1.93. The summed E-state index contributed by atoms with van der Waals surface area (Å²) in [5.41, 5.74) is 1.21. The van der Waals surface area contributed by atoms with Gasteiger partial charge in [-0.15, -0.1) is 0 Å². The van der Waals surface area contributed by atoms with Crippen LogP contribution in [0.5, 0.6) is 0 Å². The fourth-order valence-electron chi connectivity index (χ4n) is 3.85. The van der Waals surface area contributed by atoms with Crippen LogP contribution in [-0.4, -0.2) is 45.9 Å². The summed E-state index contributed by atoms with van der Waals surface area (Å²) in [6.07, 6.45) is 4.52. The number of benzene rings is 1. The lowest BCUT2D eigenvalue weighted by atomic mass is 9.75. The van der Waals surface area contributed by atoms with Crippen LogP contribution in [0.3, 0.4) is 0 Å². The quantitative estimate of drug-likeness (QED) is 0.594. The van der Waals surface area contributed by atoms with Crippen LogP contribution in [-0.2, 0) is 30.7 Å². The average molecular weight is 440 g/mol. The smallest absolute Gasteiger partial charge is 0.344 e. The van der Waals surface area contributed by atoms with Crippen LogP contribution < -0.4 is 4.72 Å². The van der Waals surface area contributed by atoms with Gasteiger partial charge in [0.25, 0.3) is 0 Å². The minimum Gasteiger partial charge on any atom is -0.460 e.